The van der Waals surface area contributed by atoms with Crippen LogP contribution in [0.4, 0.5) is 0 Å². The fraction of sp³-hybridized carbons (Fsp3) is 0.400. The molecule has 1 aromatic rings. The number of aryl methyl sites for hydroxylation is 1. The van der Waals surface area contributed by atoms with Crippen LogP contribution in [0.15, 0.2) is 12.2 Å². The van der Waals surface area contributed by atoms with Gasteiger partial charge in [-0.25, -0.2) is 4.79 Å². The molecule has 0 saturated carbocycles. The van der Waals surface area contributed by atoms with E-state index < -0.39 is 12.1 Å². The van der Waals surface area contributed by atoms with Crippen molar-refractivity contribution in [2.45, 2.75) is 40.7 Å². The first-order valence-electron chi connectivity index (χ1n) is 6.37. The minimum Gasteiger partial charge on any atom is -0.451 e. The maximum Gasteiger partial charge on any atom is 0.331 e. The third-order valence-electron chi connectivity index (χ3n) is 3.00. The van der Waals surface area contributed by atoms with E-state index in [4.69, 9.17) is 4.74 Å². The maximum atomic E-state index is 12.2. The van der Waals surface area contributed by atoms with Gasteiger partial charge in [0.25, 0.3) is 0 Å². The number of ketones is 2. The zero-order valence-corrected chi connectivity index (χ0v) is 12.4. The molecule has 20 heavy (non-hydrogen) atoms. The summed E-state index contributed by atoms with van der Waals surface area (Å²) in [5, 5.41) is 0. The lowest BCUT2D eigenvalue weighted by atomic mass is 10.0. The number of nitrogens with one attached hydrogen (secondary N) is 1. The summed E-state index contributed by atoms with van der Waals surface area (Å²) in [5.74, 6) is -1.02. The highest BCUT2D eigenvalue weighted by molar-refractivity contribution is 6.05. The molecule has 1 N–H and O–H groups in total. The standard InChI is InChI=1S/C15H19NO4/c1-6-7-12(18)20-11(5)15(19)14-8(2)13(10(4)17)9(3)16-14/h6-7,11,16H,1-5H3/b7-6+/t11-/m1/s1. The Labute approximate surface area is 118 Å². The van der Waals surface area contributed by atoms with Crippen molar-refractivity contribution in [3.8, 4) is 0 Å². The quantitative estimate of drug-likeness (QED) is 0.509. The zero-order chi connectivity index (χ0) is 15.4. The van der Waals surface area contributed by atoms with Crippen molar-refractivity contribution in [2.24, 2.45) is 0 Å². The van der Waals surface area contributed by atoms with Gasteiger partial charge < -0.3 is 9.72 Å². The van der Waals surface area contributed by atoms with Crippen LogP contribution in [0.2, 0.25) is 0 Å². The smallest absolute Gasteiger partial charge is 0.331 e. The van der Waals surface area contributed by atoms with Gasteiger partial charge in [0.05, 0.1) is 5.69 Å². The molecule has 0 amide bonds. The van der Waals surface area contributed by atoms with Crippen molar-refractivity contribution < 1.29 is 19.1 Å². The molecule has 108 valence electrons. The fourth-order valence-electron chi connectivity index (χ4n) is 2.13. The molecule has 0 spiro atoms. The van der Waals surface area contributed by atoms with Crippen LogP contribution in [0.3, 0.4) is 0 Å². The molecular formula is C15H19NO4. The van der Waals surface area contributed by atoms with E-state index >= 15 is 0 Å². The predicted octanol–water partition coefficient (Wildman–Crippen LogP) is 2.52. The number of carbonyl (C=O) groups is 3. The van der Waals surface area contributed by atoms with E-state index in [9.17, 15) is 14.4 Å². The molecule has 0 aliphatic carbocycles. The van der Waals surface area contributed by atoms with Crippen LogP contribution in [0, 0.1) is 13.8 Å². The van der Waals surface area contributed by atoms with Crippen LogP contribution in [-0.4, -0.2) is 28.6 Å². The van der Waals surface area contributed by atoms with Crippen LogP contribution in [0.5, 0.6) is 0 Å². The van der Waals surface area contributed by atoms with Crippen LogP contribution < -0.4 is 0 Å². The molecular weight excluding hydrogens is 258 g/mol. The molecule has 0 radical (unpaired) electrons. The van der Waals surface area contributed by atoms with Gasteiger partial charge in [0.1, 0.15) is 0 Å². The maximum absolute atomic E-state index is 12.2. The van der Waals surface area contributed by atoms with Gasteiger partial charge in [-0.05, 0) is 40.2 Å². The first kappa shape index (κ1) is 15.9. The number of ether oxygens (including phenoxy) is 1. The van der Waals surface area contributed by atoms with Crippen LogP contribution in [0.1, 0.15) is 52.9 Å². The summed E-state index contributed by atoms with van der Waals surface area (Å²) in [6.07, 6.45) is 1.88. The van der Waals surface area contributed by atoms with Gasteiger partial charge >= 0.3 is 5.97 Å². The molecule has 0 bridgehead atoms. The molecule has 1 heterocycles. The second-order valence-electron chi connectivity index (χ2n) is 4.62. The number of rotatable bonds is 5. The van der Waals surface area contributed by atoms with Crippen molar-refractivity contribution in [3.63, 3.8) is 0 Å². The molecule has 0 unspecified atom stereocenters. The number of aromatic nitrogens is 1. The lowest BCUT2D eigenvalue weighted by molar-refractivity contribution is -0.140. The first-order chi connectivity index (χ1) is 9.29. The van der Waals surface area contributed by atoms with E-state index in [1.807, 2.05) is 0 Å². The molecule has 0 aliphatic heterocycles. The highest BCUT2D eigenvalue weighted by Crippen LogP contribution is 2.20. The molecule has 0 aliphatic rings. The van der Waals surface area contributed by atoms with Gasteiger partial charge in [0.15, 0.2) is 11.9 Å². The molecule has 1 rings (SSSR count). The summed E-state index contributed by atoms with van der Waals surface area (Å²) in [5.41, 5.74) is 2.06. The van der Waals surface area contributed by atoms with Crippen molar-refractivity contribution in [1.29, 1.82) is 0 Å². The van der Waals surface area contributed by atoms with Crippen molar-refractivity contribution in [2.75, 3.05) is 0 Å². The SMILES string of the molecule is C/C=C/C(=O)O[C@H](C)C(=O)c1[nH]c(C)c(C(C)=O)c1C. The van der Waals surface area contributed by atoms with E-state index in [0.29, 0.717) is 22.5 Å². The summed E-state index contributed by atoms with van der Waals surface area (Å²) < 4.78 is 4.99. The number of aromatic amines is 1. The second kappa shape index (κ2) is 6.32. The zero-order valence-electron chi connectivity index (χ0n) is 12.4. The van der Waals surface area contributed by atoms with E-state index in [0.717, 1.165) is 0 Å². The highest BCUT2D eigenvalue weighted by atomic mass is 16.5. The number of carbonyl (C=O) groups excluding carboxylic acids is 3. The van der Waals surface area contributed by atoms with Crippen molar-refractivity contribution >= 4 is 17.5 Å². The topological polar surface area (TPSA) is 76.2 Å². The van der Waals surface area contributed by atoms with E-state index in [1.54, 1.807) is 20.8 Å². The summed E-state index contributed by atoms with van der Waals surface area (Å²) in [6, 6.07) is 0. The molecule has 5 nitrogen and oxygen atoms in total. The number of allylic oxidation sites excluding steroid dienone is 1. The van der Waals surface area contributed by atoms with E-state index in [2.05, 4.69) is 4.98 Å². The third-order valence-corrected chi connectivity index (χ3v) is 3.00. The summed E-state index contributed by atoms with van der Waals surface area (Å²) in [4.78, 5) is 38.0. The molecule has 0 aromatic carbocycles. The Hall–Kier alpha value is -2.17. The molecule has 0 saturated heterocycles. The number of hydrogen-bond donors (Lipinski definition) is 1. The van der Waals surface area contributed by atoms with Gasteiger partial charge in [0, 0.05) is 17.3 Å². The average Bonchev–Trinajstić information content (AvgIpc) is 2.63. The summed E-state index contributed by atoms with van der Waals surface area (Å²) in [7, 11) is 0. The van der Waals surface area contributed by atoms with Gasteiger partial charge in [0.2, 0.25) is 5.78 Å². The number of H-pyrrole nitrogens is 1. The Balaban J connectivity index is 3.01. The van der Waals surface area contributed by atoms with Crippen molar-refractivity contribution in [1.82, 2.24) is 4.98 Å². The Morgan fingerprint density at radius 3 is 2.30 bits per heavy atom. The fourth-order valence-corrected chi connectivity index (χ4v) is 2.13. The molecule has 1 atom stereocenters. The lowest BCUT2D eigenvalue weighted by Crippen LogP contribution is -2.24. The monoisotopic (exact) mass is 277 g/mol. The Morgan fingerprint density at radius 2 is 1.85 bits per heavy atom. The van der Waals surface area contributed by atoms with Crippen LogP contribution >= 0.6 is 0 Å². The summed E-state index contributed by atoms with van der Waals surface area (Å²) in [6.45, 7) is 8.08. The molecule has 0 fully saturated rings. The Morgan fingerprint density at radius 1 is 1.25 bits per heavy atom. The van der Waals surface area contributed by atoms with Gasteiger partial charge in [-0.1, -0.05) is 6.08 Å². The van der Waals surface area contributed by atoms with Crippen molar-refractivity contribution in [3.05, 3.63) is 34.7 Å². The Bertz CT molecular complexity index is 581. The lowest BCUT2D eigenvalue weighted by Gasteiger charge is -2.10. The first-order valence-corrected chi connectivity index (χ1v) is 6.37. The van der Waals surface area contributed by atoms with Gasteiger partial charge in [-0.2, -0.15) is 0 Å². The van der Waals surface area contributed by atoms with Gasteiger partial charge in [-0.15, -0.1) is 0 Å². The predicted molar refractivity (Wildman–Crippen MR) is 75.0 cm³/mol. The minimum atomic E-state index is -0.907. The van der Waals surface area contributed by atoms with Crippen LogP contribution in [0.25, 0.3) is 0 Å². The second-order valence-corrected chi connectivity index (χ2v) is 4.62. The molecule has 1 aromatic heterocycles. The largest absolute Gasteiger partial charge is 0.451 e. The number of Topliss-reactive ketones (excluding diaryl/α,β-unsaturated/α-hetero) is 2. The Kier molecular flexibility index (Phi) is 5.02. The normalized spacial score (nSPS) is 12.4. The summed E-state index contributed by atoms with van der Waals surface area (Å²) >= 11 is 0. The number of hydrogen-bond acceptors (Lipinski definition) is 4. The average molecular weight is 277 g/mol. The molecule has 5 heteroatoms. The highest BCUT2D eigenvalue weighted by Gasteiger charge is 2.25. The van der Waals surface area contributed by atoms with Crippen LogP contribution in [-0.2, 0) is 9.53 Å². The van der Waals surface area contributed by atoms with E-state index in [-0.39, 0.29) is 11.6 Å². The third kappa shape index (κ3) is 3.23. The van der Waals surface area contributed by atoms with E-state index in [1.165, 1.54) is 26.0 Å². The van der Waals surface area contributed by atoms with Gasteiger partial charge in [-0.3, -0.25) is 9.59 Å². The minimum absolute atomic E-state index is 0.103. The number of esters is 1.